The lowest BCUT2D eigenvalue weighted by Crippen LogP contribution is -2.46. The number of amides is 1. The molecule has 0 aliphatic carbocycles. The number of ether oxygens (including phenoxy) is 2. The molecule has 2 aromatic rings. The number of nitrogens with zero attached hydrogens (tertiary/aromatic N) is 2. The summed E-state index contributed by atoms with van der Waals surface area (Å²) in [7, 11) is 0. The first-order valence-corrected chi connectivity index (χ1v) is 8.04. The molecule has 2 heterocycles. The summed E-state index contributed by atoms with van der Waals surface area (Å²) in [6.07, 6.45) is -0.0126. The standard InChI is InChI=1S/C17H17ClN2O4/c1-11-9-20(6-7-23-11)16(21)10-24-17(22)13-8-15(18)19-14-5-3-2-4-12(13)14/h2-5,8,11H,6-7,9-10H2,1H3. The lowest BCUT2D eigenvalue weighted by molar-refractivity contribution is -0.141. The number of pyridine rings is 1. The number of hydrogen-bond acceptors (Lipinski definition) is 5. The minimum atomic E-state index is -0.592. The highest BCUT2D eigenvalue weighted by molar-refractivity contribution is 6.30. The highest BCUT2D eigenvalue weighted by Gasteiger charge is 2.23. The minimum absolute atomic E-state index is 0.0126. The van der Waals surface area contributed by atoms with Gasteiger partial charge in [0.15, 0.2) is 6.61 Å². The maximum absolute atomic E-state index is 12.4. The van der Waals surface area contributed by atoms with E-state index in [4.69, 9.17) is 21.1 Å². The first-order valence-electron chi connectivity index (χ1n) is 7.66. The molecule has 24 heavy (non-hydrogen) atoms. The maximum atomic E-state index is 12.4. The van der Waals surface area contributed by atoms with Gasteiger partial charge in [-0.1, -0.05) is 29.8 Å². The van der Waals surface area contributed by atoms with Crippen molar-refractivity contribution in [2.75, 3.05) is 26.3 Å². The van der Waals surface area contributed by atoms with Crippen LogP contribution in [0.2, 0.25) is 5.15 Å². The molecule has 0 spiro atoms. The van der Waals surface area contributed by atoms with E-state index in [9.17, 15) is 9.59 Å². The highest BCUT2D eigenvalue weighted by atomic mass is 35.5. The fourth-order valence-corrected chi connectivity index (χ4v) is 2.85. The number of hydrogen-bond donors (Lipinski definition) is 0. The van der Waals surface area contributed by atoms with E-state index >= 15 is 0 Å². The smallest absolute Gasteiger partial charge is 0.339 e. The predicted octanol–water partition coefficient (Wildman–Crippen LogP) is 2.29. The lowest BCUT2D eigenvalue weighted by atomic mass is 10.1. The van der Waals surface area contributed by atoms with Gasteiger partial charge < -0.3 is 14.4 Å². The van der Waals surface area contributed by atoms with Gasteiger partial charge in [-0.3, -0.25) is 4.79 Å². The van der Waals surface area contributed by atoms with Crippen molar-refractivity contribution in [3.63, 3.8) is 0 Å². The molecule has 0 radical (unpaired) electrons. The third-order valence-electron chi connectivity index (χ3n) is 3.83. The number of morpholine rings is 1. The molecule has 6 nitrogen and oxygen atoms in total. The maximum Gasteiger partial charge on any atom is 0.339 e. The molecule has 1 saturated heterocycles. The SMILES string of the molecule is CC1CN(C(=O)COC(=O)c2cc(Cl)nc3ccccc23)CCO1. The largest absolute Gasteiger partial charge is 0.452 e. The Bertz CT molecular complexity index is 780. The zero-order valence-corrected chi connectivity index (χ0v) is 14.0. The van der Waals surface area contributed by atoms with Crippen LogP contribution in [0.3, 0.4) is 0 Å². The van der Waals surface area contributed by atoms with Crippen LogP contribution in [0.4, 0.5) is 0 Å². The molecule has 1 amide bonds. The molecule has 1 atom stereocenters. The van der Waals surface area contributed by atoms with Crippen LogP contribution in [0, 0.1) is 0 Å². The first-order chi connectivity index (χ1) is 11.5. The summed E-state index contributed by atoms with van der Waals surface area (Å²) in [5.41, 5.74) is 0.902. The van der Waals surface area contributed by atoms with Gasteiger partial charge in [-0.15, -0.1) is 0 Å². The third-order valence-corrected chi connectivity index (χ3v) is 4.02. The molecule has 1 aliphatic heterocycles. The number of carbonyl (C=O) groups is 2. The Hall–Kier alpha value is -2.18. The average molecular weight is 349 g/mol. The molecular weight excluding hydrogens is 332 g/mol. The number of fused-ring (bicyclic) bond motifs is 1. The van der Waals surface area contributed by atoms with Gasteiger partial charge in [-0.25, -0.2) is 9.78 Å². The average Bonchev–Trinajstić information content (AvgIpc) is 2.58. The summed E-state index contributed by atoms with van der Waals surface area (Å²) < 4.78 is 10.6. The Kier molecular flexibility index (Phi) is 4.97. The highest BCUT2D eigenvalue weighted by Crippen LogP contribution is 2.21. The van der Waals surface area contributed by atoms with Crippen molar-refractivity contribution in [3.05, 3.63) is 41.0 Å². The van der Waals surface area contributed by atoms with Gasteiger partial charge in [0.2, 0.25) is 0 Å². The van der Waals surface area contributed by atoms with E-state index in [0.29, 0.717) is 36.2 Å². The molecule has 0 saturated carbocycles. The van der Waals surface area contributed by atoms with Crippen LogP contribution in [0.1, 0.15) is 17.3 Å². The minimum Gasteiger partial charge on any atom is -0.452 e. The van der Waals surface area contributed by atoms with E-state index in [-0.39, 0.29) is 23.8 Å². The van der Waals surface area contributed by atoms with Gasteiger partial charge in [-0.2, -0.15) is 0 Å². The first kappa shape index (κ1) is 16.7. The van der Waals surface area contributed by atoms with E-state index in [1.54, 1.807) is 23.1 Å². The van der Waals surface area contributed by atoms with Crippen LogP contribution >= 0.6 is 11.6 Å². The molecule has 126 valence electrons. The molecule has 1 aromatic heterocycles. The molecule has 0 bridgehead atoms. The van der Waals surface area contributed by atoms with Gasteiger partial charge in [0.25, 0.3) is 5.91 Å². The predicted molar refractivity (Wildman–Crippen MR) is 89.0 cm³/mol. The summed E-state index contributed by atoms with van der Waals surface area (Å²) in [6, 6.07) is 8.59. The topological polar surface area (TPSA) is 68.7 Å². The van der Waals surface area contributed by atoms with Crippen LogP contribution < -0.4 is 0 Å². The molecular formula is C17H17ClN2O4. The Balaban J connectivity index is 1.70. The van der Waals surface area contributed by atoms with Crippen molar-refractivity contribution in [1.29, 1.82) is 0 Å². The van der Waals surface area contributed by atoms with E-state index in [1.807, 2.05) is 13.0 Å². The molecule has 1 unspecified atom stereocenters. The van der Waals surface area contributed by atoms with Crippen LogP contribution in [-0.2, 0) is 14.3 Å². The summed E-state index contributed by atoms with van der Waals surface area (Å²) in [5.74, 6) is -0.826. The van der Waals surface area contributed by atoms with Crippen molar-refractivity contribution in [1.82, 2.24) is 9.88 Å². The van der Waals surface area contributed by atoms with Gasteiger partial charge in [0.05, 0.1) is 23.8 Å². The number of para-hydroxylation sites is 1. The van der Waals surface area contributed by atoms with E-state index in [2.05, 4.69) is 4.98 Å². The molecule has 3 rings (SSSR count). The van der Waals surface area contributed by atoms with E-state index in [1.165, 1.54) is 6.07 Å². The summed E-state index contributed by atoms with van der Waals surface area (Å²) in [5, 5.41) is 0.841. The van der Waals surface area contributed by atoms with Crippen molar-refractivity contribution in [2.45, 2.75) is 13.0 Å². The molecule has 7 heteroatoms. The van der Waals surface area contributed by atoms with Crippen LogP contribution in [0.5, 0.6) is 0 Å². The van der Waals surface area contributed by atoms with Gasteiger partial charge in [0.1, 0.15) is 5.15 Å². The van der Waals surface area contributed by atoms with Crippen LogP contribution in [0.15, 0.2) is 30.3 Å². The number of benzene rings is 1. The van der Waals surface area contributed by atoms with Crippen molar-refractivity contribution >= 4 is 34.4 Å². The Labute approximate surface area is 144 Å². The van der Waals surface area contributed by atoms with Crippen molar-refractivity contribution in [3.8, 4) is 0 Å². The quantitative estimate of drug-likeness (QED) is 0.629. The second kappa shape index (κ2) is 7.15. The van der Waals surface area contributed by atoms with E-state index < -0.39 is 5.97 Å². The summed E-state index contributed by atoms with van der Waals surface area (Å²) in [4.78, 5) is 30.3. The number of rotatable bonds is 3. The number of carbonyl (C=O) groups excluding carboxylic acids is 2. The van der Waals surface area contributed by atoms with Crippen molar-refractivity contribution < 1.29 is 19.1 Å². The van der Waals surface area contributed by atoms with Gasteiger partial charge >= 0.3 is 5.97 Å². The van der Waals surface area contributed by atoms with Gasteiger partial charge in [0, 0.05) is 18.5 Å². The zero-order chi connectivity index (χ0) is 17.1. The fourth-order valence-electron chi connectivity index (χ4n) is 2.65. The number of halogens is 1. The fraction of sp³-hybridized carbons (Fsp3) is 0.353. The normalized spacial score (nSPS) is 17.8. The Morgan fingerprint density at radius 3 is 3.00 bits per heavy atom. The Morgan fingerprint density at radius 1 is 1.42 bits per heavy atom. The summed E-state index contributed by atoms with van der Waals surface area (Å²) in [6.45, 7) is 3.09. The van der Waals surface area contributed by atoms with E-state index in [0.717, 1.165) is 0 Å². The van der Waals surface area contributed by atoms with Gasteiger partial charge in [-0.05, 0) is 19.1 Å². The third kappa shape index (κ3) is 3.66. The monoisotopic (exact) mass is 348 g/mol. The summed E-state index contributed by atoms with van der Waals surface area (Å²) >= 11 is 5.96. The second-order valence-corrected chi connectivity index (χ2v) is 5.99. The lowest BCUT2D eigenvalue weighted by Gasteiger charge is -2.30. The Morgan fingerprint density at radius 2 is 2.21 bits per heavy atom. The number of esters is 1. The van der Waals surface area contributed by atoms with Crippen LogP contribution in [-0.4, -0.2) is 54.2 Å². The molecule has 0 N–H and O–H groups in total. The van der Waals surface area contributed by atoms with Crippen molar-refractivity contribution in [2.24, 2.45) is 0 Å². The van der Waals surface area contributed by atoms with Crippen LogP contribution in [0.25, 0.3) is 10.9 Å². The molecule has 1 fully saturated rings. The molecule has 1 aromatic carbocycles. The second-order valence-electron chi connectivity index (χ2n) is 5.61. The molecule has 1 aliphatic rings. The zero-order valence-electron chi connectivity index (χ0n) is 13.2. The number of aromatic nitrogens is 1.